The minimum Gasteiger partial charge on any atom is -0.462 e. The van der Waals surface area contributed by atoms with Crippen LogP contribution >= 0.6 is 22.9 Å². The number of halogens is 1. The van der Waals surface area contributed by atoms with Gasteiger partial charge >= 0.3 is 5.97 Å². The second-order valence-corrected chi connectivity index (χ2v) is 6.85. The Kier molecular flexibility index (Phi) is 4.69. The minimum atomic E-state index is -0.462. The van der Waals surface area contributed by atoms with Crippen molar-refractivity contribution in [1.29, 1.82) is 0 Å². The van der Waals surface area contributed by atoms with E-state index in [-0.39, 0.29) is 18.2 Å². The van der Waals surface area contributed by atoms with Crippen molar-refractivity contribution >= 4 is 39.1 Å². The van der Waals surface area contributed by atoms with Crippen LogP contribution in [0.4, 0.5) is 0 Å². The van der Waals surface area contributed by atoms with E-state index in [4.69, 9.17) is 16.3 Å². The van der Waals surface area contributed by atoms with Crippen LogP contribution in [-0.2, 0) is 16.1 Å². The van der Waals surface area contributed by atoms with Gasteiger partial charge in [-0.2, -0.15) is 0 Å². The first-order valence-electron chi connectivity index (χ1n) is 7.38. The number of ether oxygens (including phenoxy) is 1. The van der Waals surface area contributed by atoms with Crippen LogP contribution in [0.15, 0.2) is 40.8 Å². The standard InChI is InChI=1S/C17H15ClN2O3S/c1-10(2)23-14(21)7-20-9-19-16-15(17(20)22)13(8-24-16)11-3-5-12(18)6-4-11/h3-6,8-10H,7H2,1-2H3. The van der Waals surface area contributed by atoms with E-state index in [1.165, 1.54) is 22.2 Å². The molecule has 0 unspecified atom stereocenters. The van der Waals surface area contributed by atoms with Crippen molar-refractivity contribution in [2.45, 2.75) is 26.5 Å². The number of thiophene rings is 1. The van der Waals surface area contributed by atoms with Gasteiger partial charge in [-0.05, 0) is 31.5 Å². The summed E-state index contributed by atoms with van der Waals surface area (Å²) in [4.78, 5) is 29.5. The number of benzene rings is 1. The second kappa shape index (κ2) is 6.75. The van der Waals surface area contributed by atoms with E-state index in [0.717, 1.165) is 11.1 Å². The van der Waals surface area contributed by atoms with Crippen LogP contribution < -0.4 is 5.56 Å². The molecule has 0 aliphatic heterocycles. The average Bonchev–Trinajstić information content (AvgIpc) is 2.95. The zero-order chi connectivity index (χ0) is 17.3. The summed E-state index contributed by atoms with van der Waals surface area (Å²) >= 11 is 7.31. The maximum atomic E-state index is 12.8. The molecule has 0 aliphatic carbocycles. The van der Waals surface area contributed by atoms with Crippen molar-refractivity contribution in [3.63, 3.8) is 0 Å². The lowest BCUT2D eigenvalue weighted by Crippen LogP contribution is -2.26. The lowest BCUT2D eigenvalue weighted by Gasteiger charge is -2.09. The van der Waals surface area contributed by atoms with E-state index in [1.54, 1.807) is 26.0 Å². The normalized spacial score (nSPS) is 11.2. The van der Waals surface area contributed by atoms with E-state index >= 15 is 0 Å². The summed E-state index contributed by atoms with van der Waals surface area (Å²) in [6.45, 7) is 3.37. The number of carbonyl (C=O) groups excluding carboxylic acids is 1. The predicted molar refractivity (Wildman–Crippen MR) is 95.6 cm³/mol. The monoisotopic (exact) mass is 362 g/mol. The zero-order valence-electron chi connectivity index (χ0n) is 13.2. The summed E-state index contributed by atoms with van der Waals surface area (Å²) in [5.74, 6) is -0.462. The number of aromatic nitrogens is 2. The molecule has 0 amide bonds. The van der Waals surface area contributed by atoms with Crippen molar-refractivity contribution in [1.82, 2.24) is 9.55 Å². The van der Waals surface area contributed by atoms with E-state index in [1.807, 2.05) is 17.5 Å². The molecule has 0 spiro atoms. The molecule has 2 aromatic heterocycles. The Morgan fingerprint density at radius 2 is 2.04 bits per heavy atom. The molecular formula is C17H15ClN2O3S. The second-order valence-electron chi connectivity index (χ2n) is 5.55. The molecule has 0 atom stereocenters. The minimum absolute atomic E-state index is 0.157. The maximum Gasteiger partial charge on any atom is 0.326 e. The van der Waals surface area contributed by atoms with Crippen LogP contribution in [-0.4, -0.2) is 21.6 Å². The highest BCUT2D eigenvalue weighted by atomic mass is 35.5. The molecule has 124 valence electrons. The maximum absolute atomic E-state index is 12.8. The fourth-order valence-corrected chi connectivity index (χ4v) is 3.39. The van der Waals surface area contributed by atoms with Crippen molar-refractivity contribution in [2.75, 3.05) is 0 Å². The smallest absolute Gasteiger partial charge is 0.326 e. The highest BCUT2D eigenvalue weighted by molar-refractivity contribution is 7.17. The number of carbonyl (C=O) groups is 1. The van der Waals surface area contributed by atoms with Gasteiger partial charge in [-0.3, -0.25) is 14.2 Å². The highest BCUT2D eigenvalue weighted by Gasteiger charge is 2.15. The Balaban J connectivity index is 2.04. The van der Waals surface area contributed by atoms with Crippen LogP contribution in [0.2, 0.25) is 5.02 Å². The number of esters is 1. The molecule has 0 saturated heterocycles. The molecule has 1 aromatic carbocycles. The van der Waals surface area contributed by atoms with Crippen LogP contribution in [0.3, 0.4) is 0 Å². The number of hydrogen-bond acceptors (Lipinski definition) is 5. The summed E-state index contributed by atoms with van der Waals surface area (Å²) in [7, 11) is 0. The third-order valence-corrected chi connectivity index (χ3v) is 4.52. The van der Waals surface area contributed by atoms with Crippen LogP contribution in [0.5, 0.6) is 0 Å². The molecule has 0 N–H and O–H groups in total. The predicted octanol–water partition coefficient (Wildman–Crippen LogP) is 3.73. The highest BCUT2D eigenvalue weighted by Crippen LogP contribution is 2.31. The Morgan fingerprint density at radius 3 is 2.71 bits per heavy atom. The van der Waals surface area contributed by atoms with Gasteiger partial charge < -0.3 is 4.74 Å². The number of hydrogen-bond donors (Lipinski definition) is 0. The molecule has 2 heterocycles. The summed E-state index contributed by atoms with van der Waals surface area (Å²) in [5.41, 5.74) is 1.41. The first-order valence-corrected chi connectivity index (χ1v) is 8.63. The number of fused-ring (bicyclic) bond motifs is 1. The van der Waals surface area contributed by atoms with E-state index in [9.17, 15) is 9.59 Å². The first kappa shape index (κ1) is 16.7. The van der Waals surface area contributed by atoms with Gasteiger partial charge in [0.1, 0.15) is 11.4 Å². The van der Waals surface area contributed by atoms with Gasteiger partial charge in [0.05, 0.1) is 17.8 Å². The van der Waals surface area contributed by atoms with E-state index < -0.39 is 5.97 Å². The third-order valence-electron chi connectivity index (χ3n) is 3.38. The summed E-state index contributed by atoms with van der Waals surface area (Å²) in [6.07, 6.45) is 1.16. The van der Waals surface area contributed by atoms with Crippen molar-refractivity contribution in [2.24, 2.45) is 0 Å². The number of rotatable bonds is 4. The molecule has 3 rings (SSSR count). The molecule has 0 saturated carbocycles. The number of nitrogens with zero attached hydrogens (tertiary/aromatic N) is 2. The summed E-state index contributed by atoms with van der Waals surface area (Å²) < 4.78 is 6.37. The van der Waals surface area contributed by atoms with Gasteiger partial charge in [0.2, 0.25) is 0 Å². The molecule has 0 bridgehead atoms. The van der Waals surface area contributed by atoms with Crippen molar-refractivity contribution < 1.29 is 9.53 Å². The molecule has 3 aromatic rings. The Labute approximate surface area is 147 Å². The van der Waals surface area contributed by atoms with Crippen LogP contribution in [0.25, 0.3) is 21.3 Å². The molecule has 0 aliphatic rings. The first-order chi connectivity index (χ1) is 11.5. The zero-order valence-corrected chi connectivity index (χ0v) is 14.7. The third kappa shape index (κ3) is 3.34. The largest absolute Gasteiger partial charge is 0.462 e. The van der Waals surface area contributed by atoms with Gasteiger partial charge in [-0.1, -0.05) is 23.7 Å². The molecular weight excluding hydrogens is 348 g/mol. The lowest BCUT2D eigenvalue weighted by atomic mass is 10.1. The fraction of sp³-hybridized carbons (Fsp3) is 0.235. The topological polar surface area (TPSA) is 61.2 Å². The van der Waals surface area contributed by atoms with Gasteiger partial charge in [0, 0.05) is 16.0 Å². The Bertz CT molecular complexity index is 945. The van der Waals surface area contributed by atoms with E-state index in [2.05, 4.69) is 4.98 Å². The van der Waals surface area contributed by atoms with Crippen molar-refractivity contribution in [3.05, 3.63) is 51.3 Å². The van der Waals surface area contributed by atoms with E-state index in [0.29, 0.717) is 15.2 Å². The van der Waals surface area contributed by atoms with Gasteiger partial charge in [-0.15, -0.1) is 11.3 Å². The van der Waals surface area contributed by atoms with Crippen LogP contribution in [0, 0.1) is 0 Å². The lowest BCUT2D eigenvalue weighted by molar-refractivity contribution is -0.148. The molecule has 24 heavy (non-hydrogen) atoms. The quantitative estimate of drug-likeness (QED) is 0.663. The SMILES string of the molecule is CC(C)OC(=O)Cn1cnc2scc(-c3ccc(Cl)cc3)c2c1=O. The Hall–Kier alpha value is -2.18. The fourth-order valence-electron chi connectivity index (χ4n) is 2.36. The summed E-state index contributed by atoms with van der Waals surface area (Å²) in [5, 5.41) is 3.02. The van der Waals surface area contributed by atoms with Gasteiger partial charge in [0.15, 0.2) is 0 Å². The van der Waals surface area contributed by atoms with Crippen LogP contribution in [0.1, 0.15) is 13.8 Å². The molecule has 0 fully saturated rings. The van der Waals surface area contributed by atoms with Crippen molar-refractivity contribution in [3.8, 4) is 11.1 Å². The summed E-state index contributed by atoms with van der Waals surface area (Å²) in [6, 6.07) is 7.26. The Morgan fingerprint density at radius 1 is 1.33 bits per heavy atom. The molecule has 0 radical (unpaired) electrons. The average molecular weight is 363 g/mol. The van der Waals surface area contributed by atoms with Gasteiger partial charge in [0.25, 0.3) is 5.56 Å². The van der Waals surface area contributed by atoms with Gasteiger partial charge in [-0.25, -0.2) is 4.98 Å². The molecule has 5 nitrogen and oxygen atoms in total. The molecule has 7 heteroatoms.